The Kier molecular flexibility index (Phi) is 4.88. The van der Waals surface area contributed by atoms with Crippen LogP contribution in [0.2, 0.25) is 0 Å². The third-order valence-corrected chi connectivity index (χ3v) is 3.92. The van der Waals surface area contributed by atoms with Gasteiger partial charge in [0.2, 0.25) is 0 Å². The Morgan fingerprint density at radius 1 is 1.19 bits per heavy atom. The SMILES string of the molecule is CC(C)N(Cc1cccs1)c1cccc(NC(C)(C)C)n1. The first-order valence-electron chi connectivity index (χ1n) is 7.39. The molecule has 2 aromatic rings. The third-order valence-electron chi connectivity index (χ3n) is 3.06. The number of rotatable bonds is 5. The minimum atomic E-state index is 0.0159. The van der Waals surface area contributed by atoms with Gasteiger partial charge >= 0.3 is 0 Å². The van der Waals surface area contributed by atoms with E-state index in [1.54, 1.807) is 11.3 Å². The Hall–Kier alpha value is -1.55. The molecule has 0 saturated carbocycles. The topological polar surface area (TPSA) is 28.2 Å². The molecule has 2 aromatic heterocycles. The van der Waals surface area contributed by atoms with E-state index >= 15 is 0 Å². The monoisotopic (exact) mass is 303 g/mol. The van der Waals surface area contributed by atoms with Crippen molar-refractivity contribution in [2.24, 2.45) is 0 Å². The van der Waals surface area contributed by atoms with Crippen molar-refractivity contribution in [3.63, 3.8) is 0 Å². The van der Waals surface area contributed by atoms with E-state index in [9.17, 15) is 0 Å². The normalized spacial score (nSPS) is 11.7. The zero-order chi connectivity index (χ0) is 15.5. The number of nitrogens with zero attached hydrogens (tertiary/aromatic N) is 2. The zero-order valence-corrected chi connectivity index (χ0v) is 14.4. The fourth-order valence-electron chi connectivity index (χ4n) is 2.14. The van der Waals surface area contributed by atoms with E-state index < -0.39 is 0 Å². The van der Waals surface area contributed by atoms with Crippen LogP contribution in [0.1, 0.15) is 39.5 Å². The van der Waals surface area contributed by atoms with Gasteiger partial charge in [0.25, 0.3) is 0 Å². The molecule has 0 spiro atoms. The lowest BCUT2D eigenvalue weighted by Crippen LogP contribution is -2.31. The van der Waals surface area contributed by atoms with Gasteiger partial charge in [-0.3, -0.25) is 0 Å². The first kappa shape index (κ1) is 15.8. The molecule has 0 amide bonds. The van der Waals surface area contributed by atoms with Gasteiger partial charge in [0, 0.05) is 16.5 Å². The van der Waals surface area contributed by atoms with Gasteiger partial charge in [0.15, 0.2) is 0 Å². The molecule has 0 aromatic carbocycles. The van der Waals surface area contributed by atoms with E-state index in [2.05, 4.69) is 74.5 Å². The maximum absolute atomic E-state index is 4.78. The van der Waals surface area contributed by atoms with Crippen molar-refractivity contribution in [2.45, 2.75) is 52.7 Å². The number of hydrogen-bond acceptors (Lipinski definition) is 4. The quantitative estimate of drug-likeness (QED) is 0.862. The standard InChI is InChI=1S/C17H25N3S/c1-13(2)20(12-14-8-7-11-21-14)16-10-6-9-15(18-16)19-17(3,4)5/h6-11,13H,12H2,1-5H3,(H,18,19). The Labute approximate surface area is 132 Å². The van der Waals surface area contributed by atoms with Gasteiger partial charge < -0.3 is 10.2 Å². The maximum atomic E-state index is 4.78. The van der Waals surface area contributed by atoms with E-state index in [1.807, 2.05) is 6.07 Å². The predicted octanol–water partition coefficient (Wildman–Crippen LogP) is 4.77. The average molecular weight is 303 g/mol. The molecule has 114 valence electrons. The van der Waals surface area contributed by atoms with E-state index in [0.717, 1.165) is 18.2 Å². The van der Waals surface area contributed by atoms with Crippen LogP contribution in [-0.2, 0) is 6.54 Å². The van der Waals surface area contributed by atoms with Crippen LogP contribution in [0.25, 0.3) is 0 Å². The van der Waals surface area contributed by atoms with Crippen molar-refractivity contribution in [3.8, 4) is 0 Å². The highest BCUT2D eigenvalue weighted by atomic mass is 32.1. The number of thiophene rings is 1. The summed E-state index contributed by atoms with van der Waals surface area (Å²) in [5, 5.41) is 5.56. The Morgan fingerprint density at radius 2 is 1.95 bits per heavy atom. The molecular formula is C17H25N3S. The molecule has 1 N–H and O–H groups in total. The van der Waals surface area contributed by atoms with E-state index in [4.69, 9.17) is 4.98 Å². The van der Waals surface area contributed by atoms with Gasteiger partial charge in [-0.25, -0.2) is 4.98 Å². The summed E-state index contributed by atoms with van der Waals surface area (Å²) in [5.41, 5.74) is 0.0159. The lowest BCUT2D eigenvalue weighted by molar-refractivity contribution is 0.628. The molecule has 0 bridgehead atoms. The number of anilines is 2. The first-order valence-corrected chi connectivity index (χ1v) is 8.27. The largest absolute Gasteiger partial charge is 0.365 e. The van der Waals surface area contributed by atoms with Crippen molar-refractivity contribution in [1.82, 2.24) is 4.98 Å². The van der Waals surface area contributed by atoms with Crippen molar-refractivity contribution in [1.29, 1.82) is 0 Å². The predicted molar refractivity (Wildman–Crippen MR) is 93.3 cm³/mol. The van der Waals surface area contributed by atoms with Gasteiger partial charge in [-0.1, -0.05) is 12.1 Å². The minimum absolute atomic E-state index is 0.0159. The van der Waals surface area contributed by atoms with E-state index in [0.29, 0.717) is 6.04 Å². The van der Waals surface area contributed by atoms with Crippen LogP contribution < -0.4 is 10.2 Å². The highest BCUT2D eigenvalue weighted by Crippen LogP contribution is 2.22. The highest BCUT2D eigenvalue weighted by molar-refractivity contribution is 7.09. The molecule has 0 aliphatic heterocycles. The number of nitrogens with one attached hydrogen (secondary N) is 1. The molecule has 0 atom stereocenters. The first-order chi connectivity index (χ1) is 9.85. The lowest BCUT2D eigenvalue weighted by Gasteiger charge is -2.28. The average Bonchev–Trinajstić information content (AvgIpc) is 2.86. The summed E-state index contributed by atoms with van der Waals surface area (Å²) in [4.78, 5) is 8.47. The molecule has 0 aliphatic carbocycles. The summed E-state index contributed by atoms with van der Waals surface area (Å²) in [5.74, 6) is 1.95. The Balaban J connectivity index is 2.22. The summed E-state index contributed by atoms with van der Waals surface area (Å²) < 4.78 is 0. The fourth-order valence-corrected chi connectivity index (χ4v) is 2.84. The molecule has 21 heavy (non-hydrogen) atoms. The maximum Gasteiger partial charge on any atom is 0.131 e. The minimum Gasteiger partial charge on any atom is -0.365 e. The van der Waals surface area contributed by atoms with Crippen LogP contribution >= 0.6 is 11.3 Å². The second kappa shape index (κ2) is 6.48. The molecule has 2 rings (SSSR count). The van der Waals surface area contributed by atoms with Crippen LogP contribution in [-0.4, -0.2) is 16.6 Å². The molecule has 0 unspecified atom stereocenters. The van der Waals surface area contributed by atoms with Gasteiger partial charge in [0.05, 0.1) is 6.54 Å². The van der Waals surface area contributed by atoms with Gasteiger partial charge in [-0.05, 0) is 58.2 Å². The number of hydrogen-bond donors (Lipinski definition) is 1. The van der Waals surface area contributed by atoms with Crippen molar-refractivity contribution in [2.75, 3.05) is 10.2 Å². The summed E-state index contributed by atoms with van der Waals surface area (Å²) >= 11 is 1.79. The molecule has 0 saturated heterocycles. The van der Waals surface area contributed by atoms with Crippen LogP contribution in [0.15, 0.2) is 35.7 Å². The molecule has 4 heteroatoms. The summed E-state index contributed by atoms with van der Waals surface area (Å²) in [7, 11) is 0. The smallest absolute Gasteiger partial charge is 0.131 e. The van der Waals surface area contributed by atoms with Crippen LogP contribution in [0.5, 0.6) is 0 Å². The van der Waals surface area contributed by atoms with Crippen LogP contribution in [0, 0.1) is 0 Å². The van der Waals surface area contributed by atoms with Crippen molar-refractivity contribution < 1.29 is 0 Å². The van der Waals surface area contributed by atoms with Crippen LogP contribution in [0.4, 0.5) is 11.6 Å². The Morgan fingerprint density at radius 3 is 2.52 bits per heavy atom. The fraction of sp³-hybridized carbons (Fsp3) is 0.471. The zero-order valence-electron chi connectivity index (χ0n) is 13.6. The number of pyridine rings is 1. The summed E-state index contributed by atoms with van der Waals surface area (Å²) in [6, 6.07) is 10.9. The molecule has 0 fully saturated rings. The second-order valence-electron chi connectivity index (χ2n) is 6.56. The van der Waals surface area contributed by atoms with Crippen molar-refractivity contribution in [3.05, 3.63) is 40.6 Å². The molecule has 2 heterocycles. The summed E-state index contributed by atoms with van der Waals surface area (Å²) in [6.45, 7) is 11.8. The highest BCUT2D eigenvalue weighted by Gasteiger charge is 2.15. The molecule has 0 radical (unpaired) electrons. The molecule has 0 aliphatic rings. The van der Waals surface area contributed by atoms with E-state index in [1.165, 1.54) is 4.88 Å². The van der Waals surface area contributed by atoms with Crippen LogP contribution in [0.3, 0.4) is 0 Å². The van der Waals surface area contributed by atoms with Gasteiger partial charge in [0.1, 0.15) is 11.6 Å². The number of aromatic nitrogens is 1. The van der Waals surface area contributed by atoms with Gasteiger partial charge in [-0.15, -0.1) is 11.3 Å². The van der Waals surface area contributed by atoms with Gasteiger partial charge in [-0.2, -0.15) is 0 Å². The molecule has 3 nitrogen and oxygen atoms in total. The second-order valence-corrected chi connectivity index (χ2v) is 7.59. The Bertz CT molecular complexity index is 556. The lowest BCUT2D eigenvalue weighted by atomic mass is 10.1. The third kappa shape index (κ3) is 4.74. The van der Waals surface area contributed by atoms with E-state index in [-0.39, 0.29) is 5.54 Å². The van der Waals surface area contributed by atoms with Crippen molar-refractivity contribution >= 4 is 23.0 Å². The molecular weight excluding hydrogens is 278 g/mol. The summed E-state index contributed by atoms with van der Waals surface area (Å²) in [6.07, 6.45) is 0.